The summed E-state index contributed by atoms with van der Waals surface area (Å²) in [7, 11) is 0. The van der Waals surface area contributed by atoms with Crippen molar-refractivity contribution in [3.05, 3.63) is 47.3 Å². The second kappa shape index (κ2) is 12.0. The van der Waals surface area contributed by atoms with Crippen LogP contribution < -0.4 is 19.9 Å². The van der Waals surface area contributed by atoms with Gasteiger partial charge in [-0.1, -0.05) is 6.92 Å². The van der Waals surface area contributed by atoms with Crippen molar-refractivity contribution in [2.75, 3.05) is 42.6 Å². The molecule has 0 unspecified atom stereocenters. The lowest BCUT2D eigenvalue weighted by Crippen LogP contribution is -2.57. The molecule has 1 N–H and O–H groups in total. The first-order valence-electron chi connectivity index (χ1n) is 13.8. The number of piperazine rings is 1. The number of alkyl halides is 3. The van der Waals surface area contributed by atoms with Crippen LogP contribution in [0.4, 0.5) is 24.5 Å². The molecule has 1 aromatic heterocycles. The molecule has 5 rings (SSSR count). The van der Waals surface area contributed by atoms with E-state index in [9.17, 15) is 23.2 Å². The number of nitriles is 1. The van der Waals surface area contributed by atoms with E-state index in [4.69, 9.17) is 17.0 Å². The minimum Gasteiger partial charge on any atom is -0.492 e. The average molecular weight is 623 g/mol. The number of ether oxygens (including phenoxy) is 1. The van der Waals surface area contributed by atoms with Crippen LogP contribution >= 0.6 is 24.6 Å². The highest BCUT2D eigenvalue weighted by Crippen LogP contribution is 2.50. The Balaban J connectivity index is 0.00000405. The van der Waals surface area contributed by atoms with E-state index in [-0.39, 0.29) is 23.1 Å². The lowest BCUT2D eigenvalue weighted by molar-refractivity contribution is -0.137. The quantitative estimate of drug-likeness (QED) is 0.428. The van der Waals surface area contributed by atoms with Gasteiger partial charge in [-0.3, -0.25) is 14.6 Å². The fourth-order valence-corrected chi connectivity index (χ4v) is 6.50. The van der Waals surface area contributed by atoms with E-state index < -0.39 is 34.6 Å². The number of halogens is 4. The molecule has 0 atom stereocenters. The SMILES string of the molecule is CCc1cc(N2C(=S)N(c3ccnc(C#N)c3C(F)(F)F)C(=O)C23CCC3)ccc1OCCN1CCNC(C)(C)C1.Cl. The van der Waals surface area contributed by atoms with Crippen LogP contribution in [0.2, 0.25) is 0 Å². The number of benzene rings is 1. The molecule has 1 aromatic carbocycles. The van der Waals surface area contributed by atoms with Crippen LogP contribution in [0.3, 0.4) is 0 Å². The predicted molar refractivity (Wildman–Crippen MR) is 160 cm³/mol. The van der Waals surface area contributed by atoms with E-state index in [1.807, 2.05) is 25.1 Å². The summed E-state index contributed by atoms with van der Waals surface area (Å²) in [6.07, 6.45) is -1.49. The molecule has 0 radical (unpaired) electrons. The van der Waals surface area contributed by atoms with E-state index in [2.05, 4.69) is 29.0 Å². The summed E-state index contributed by atoms with van der Waals surface area (Å²) in [4.78, 5) is 22.4. The number of pyridine rings is 1. The van der Waals surface area contributed by atoms with Gasteiger partial charge in [-0.15, -0.1) is 12.4 Å². The van der Waals surface area contributed by atoms with E-state index in [0.29, 0.717) is 31.6 Å². The lowest BCUT2D eigenvalue weighted by atomic mass is 9.75. The Labute approximate surface area is 255 Å². The molecule has 42 heavy (non-hydrogen) atoms. The maximum atomic E-state index is 14.1. The Morgan fingerprint density at radius 1 is 1.24 bits per heavy atom. The number of hydrogen-bond donors (Lipinski definition) is 1. The van der Waals surface area contributed by atoms with Gasteiger partial charge in [0.25, 0.3) is 5.91 Å². The van der Waals surface area contributed by atoms with E-state index in [1.165, 1.54) is 6.07 Å². The Kier molecular flexibility index (Phi) is 9.09. The van der Waals surface area contributed by atoms with Crippen LogP contribution in [0.25, 0.3) is 0 Å². The van der Waals surface area contributed by atoms with E-state index in [0.717, 1.165) is 61.1 Å². The van der Waals surface area contributed by atoms with Crippen molar-refractivity contribution in [1.29, 1.82) is 5.26 Å². The number of nitrogens with one attached hydrogen (secondary N) is 1. The molecule has 2 aliphatic heterocycles. The Bertz CT molecular complexity index is 1410. The molecule has 13 heteroatoms. The molecule has 1 amide bonds. The van der Waals surface area contributed by atoms with Gasteiger partial charge in [-0.25, -0.2) is 4.98 Å². The van der Waals surface area contributed by atoms with Gasteiger partial charge in [-0.05, 0) is 81.6 Å². The number of thiocarbonyl (C=S) groups is 1. The fraction of sp³-hybridized carbons (Fsp3) is 0.517. The molecule has 8 nitrogen and oxygen atoms in total. The molecule has 0 bridgehead atoms. The Morgan fingerprint density at radius 3 is 2.57 bits per heavy atom. The van der Waals surface area contributed by atoms with Gasteiger partial charge in [0.05, 0.1) is 5.69 Å². The first kappa shape index (κ1) is 31.9. The number of hydrogen-bond acceptors (Lipinski definition) is 7. The largest absolute Gasteiger partial charge is 0.492 e. The van der Waals surface area contributed by atoms with Crippen LogP contribution in [0, 0.1) is 11.3 Å². The average Bonchev–Trinajstić information content (AvgIpc) is 3.13. The van der Waals surface area contributed by atoms with Gasteiger partial charge in [-0.2, -0.15) is 18.4 Å². The van der Waals surface area contributed by atoms with Crippen LogP contribution in [0.5, 0.6) is 5.75 Å². The zero-order chi connectivity index (χ0) is 29.6. The van der Waals surface area contributed by atoms with Crippen molar-refractivity contribution < 1.29 is 22.7 Å². The van der Waals surface area contributed by atoms with Crippen molar-refractivity contribution in [3.63, 3.8) is 0 Å². The predicted octanol–water partition coefficient (Wildman–Crippen LogP) is 5.08. The smallest absolute Gasteiger partial charge is 0.421 e. The molecule has 2 aromatic rings. The summed E-state index contributed by atoms with van der Waals surface area (Å²) in [5.74, 6) is 0.209. The number of aryl methyl sites for hydroxylation is 1. The second-order valence-electron chi connectivity index (χ2n) is 11.4. The monoisotopic (exact) mass is 622 g/mol. The van der Waals surface area contributed by atoms with Crippen LogP contribution in [0.15, 0.2) is 30.5 Å². The summed E-state index contributed by atoms with van der Waals surface area (Å²) in [6, 6.07) is 8.16. The molecule has 3 aliphatic rings. The molecular weight excluding hydrogens is 589 g/mol. The zero-order valence-corrected chi connectivity index (χ0v) is 25.4. The highest BCUT2D eigenvalue weighted by atomic mass is 35.5. The summed E-state index contributed by atoms with van der Waals surface area (Å²) >= 11 is 5.71. The number of carbonyl (C=O) groups is 1. The second-order valence-corrected chi connectivity index (χ2v) is 11.8. The summed E-state index contributed by atoms with van der Waals surface area (Å²) in [6.45, 7) is 10.5. The number of amides is 1. The van der Waals surface area contributed by atoms with E-state index in [1.54, 1.807) is 4.90 Å². The highest BCUT2D eigenvalue weighted by Gasteiger charge is 2.60. The van der Waals surface area contributed by atoms with Crippen LogP contribution in [-0.2, 0) is 17.4 Å². The first-order chi connectivity index (χ1) is 19.4. The van der Waals surface area contributed by atoms with Gasteiger partial charge in [0.2, 0.25) is 0 Å². The molecule has 1 saturated carbocycles. The van der Waals surface area contributed by atoms with Gasteiger partial charge < -0.3 is 15.0 Å². The Morgan fingerprint density at radius 2 is 1.98 bits per heavy atom. The molecule has 1 aliphatic carbocycles. The lowest BCUT2D eigenvalue weighted by Gasteiger charge is -2.43. The summed E-state index contributed by atoms with van der Waals surface area (Å²) in [5, 5.41) is 12.8. The molecule has 1 spiro atoms. The van der Waals surface area contributed by atoms with Crippen molar-refractivity contribution in [2.45, 2.75) is 63.7 Å². The molecule has 226 valence electrons. The third-order valence-corrected chi connectivity index (χ3v) is 8.52. The maximum Gasteiger partial charge on any atom is 0.421 e. The number of anilines is 2. The third kappa shape index (κ3) is 5.67. The number of aromatic nitrogens is 1. The first-order valence-corrected chi connectivity index (χ1v) is 14.2. The molecule has 3 heterocycles. The summed E-state index contributed by atoms with van der Waals surface area (Å²) in [5.41, 5.74) is -2.01. The number of rotatable bonds is 7. The Hall–Kier alpha value is -2.98. The van der Waals surface area contributed by atoms with Crippen molar-refractivity contribution in [1.82, 2.24) is 15.2 Å². The molecule has 3 fully saturated rings. The van der Waals surface area contributed by atoms with Crippen molar-refractivity contribution >= 4 is 47.0 Å². The van der Waals surface area contributed by atoms with Gasteiger partial charge in [0.15, 0.2) is 10.8 Å². The van der Waals surface area contributed by atoms with Crippen LogP contribution in [0.1, 0.15) is 56.9 Å². The van der Waals surface area contributed by atoms with E-state index >= 15 is 0 Å². The molecule has 2 saturated heterocycles. The summed E-state index contributed by atoms with van der Waals surface area (Å²) < 4.78 is 48.5. The third-order valence-electron chi connectivity index (χ3n) is 8.15. The minimum absolute atomic E-state index is 0. The zero-order valence-electron chi connectivity index (χ0n) is 23.8. The maximum absolute atomic E-state index is 14.1. The fourth-order valence-electron chi connectivity index (χ4n) is 6.04. The highest BCUT2D eigenvalue weighted by molar-refractivity contribution is 7.81. The van der Waals surface area contributed by atoms with Gasteiger partial charge >= 0.3 is 6.18 Å². The van der Waals surface area contributed by atoms with Gasteiger partial charge in [0.1, 0.15) is 29.5 Å². The number of nitrogens with zero attached hydrogens (tertiary/aromatic N) is 5. The van der Waals surface area contributed by atoms with Gasteiger partial charge in [0, 0.05) is 43.6 Å². The van der Waals surface area contributed by atoms with Crippen molar-refractivity contribution in [3.8, 4) is 11.8 Å². The van der Waals surface area contributed by atoms with Crippen molar-refractivity contribution in [2.24, 2.45) is 0 Å². The molecular formula is C29H34ClF3N6O2S. The normalized spacial score (nSPS) is 19.8. The standard InChI is InChI=1S/C29H33F3N6O2S.ClH/c1-4-19-16-20(6-7-23(19)40-15-14-36-13-12-35-27(2,3)18-36)38-26(41)37(25(39)28(38)9-5-10-28)22-8-11-34-21(17-33)24(22)29(30,31)32;/h6-8,11,16,35H,4-5,9-10,12-15,18H2,1-3H3;1H. The van der Waals surface area contributed by atoms with Crippen LogP contribution in [-0.4, -0.2) is 64.8 Å². The minimum atomic E-state index is -4.90. The topological polar surface area (TPSA) is 84.7 Å². The number of carbonyl (C=O) groups excluding carboxylic acids is 1.